The molecule has 0 spiro atoms. The number of amides is 1. The van der Waals surface area contributed by atoms with E-state index in [1.807, 2.05) is 48.5 Å². The Balaban J connectivity index is 0.00000243. The smallest absolute Gasteiger partial charge is 0.224 e. The minimum Gasteiger partial charge on any atom is -0.489 e. The first-order valence-electron chi connectivity index (χ1n) is 8.65. The lowest BCUT2D eigenvalue weighted by atomic mass is 10.1. The van der Waals surface area contributed by atoms with Crippen LogP contribution in [0.2, 0.25) is 5.02 Å². The number of nitrogens with one attached hydrogen (secondary N) is 2. The number of hydrogen-bond donors (Lipinski definition) is 2. The van der Waals surface area contributed by atoms with Crippen molar-refractivity contribution in [3.8, 4) is 5.75 Å². The topological polar surface area (TPSA) is 50.4 Å². The quantitative estimate of drug-likeness (QED) is 0.783. The number of rotatable bonds is 6. The molecule has 2 aromatic rings. The Labute approximate surface area is 165 Å². The summed E-state index contributed by atoms with van der Waals surface area (Å²) in [6.45, 7) is 2.39. The molecule has 4 nitrogen and oxygen atoms in total. The van der Waals surface area contributed by atoms with Gasteiger partial charge < -0.3 is 15.4 Å². The van der Waals surface area contributed by atoms with Crippen molar-refractivity contribution in [1.29, 1.82) is 0 Å². The van der Waals surface area contributed by atoms with E-state index in [0.29, 0.717) is 18.1 Å². The fourth-order valence-corrected chi connectivity index (χ4v) is 3.18. The molecule has 1 heterocycles. The maximum Gasteiger partial charge on any atom is 0.224 e. The van der Waals surface area contributed by atoms with Gasteiger partial charge >= 0.3 is 0 Å². The van der Waals surface area contributed by atoms with Gasteiger partial charge in [-0.2, -0.15) is 0 Å². The molecular weight excluding hydrogens is 371 g/mol. The molecule has 0 unspecified atom stereocenters. The van der Waals surface area contributed by atoms with Crippen LogP contribution in [-0.4, -0.2) is 25.0 Å². The van der Waals surface area contributed by atoms with Gasteiger partial charge in [0.2, 0.25) is 5.91 Å². The lowest BCUT2D eigenvalue weighted by molar-refractivity contribution is -0.121. The van der Waals surface area contributed by atoms with Crippen molar-refractivity contribution >= 4 is 29.9 Å². The lowest BCUT2D eigenvalue weighted by Crippen LogP contribution is -2.43. The minimum absolute atomic E-state index is 0. The van der Waals surface area contributed by atoms with Crippen LogP contribution >= 0.6 is 24.0 Å². The number of hydrogen-bond acceptors (Lipinski definition) is 3. The predicted octanol–water partition coefficient (Wildman–Crippen LogP) is 3.75. The number of carbonyl (C=O) groups excluding carboxylic acids is 1. The molecule has 1 fully saturated rings. The molecule has 26 heavy (non-hydrogen) atoms. The molecule has 2 aromatic carbocycles. The van der Waals surface area contributed by atoms with Crippen molar-refractivity contribution in [1.82, 2.24) is 10.6 Å². The molecule has 0 aromatic heterocycles. The van der Waals surface area contributed by atoms with Crippen molar-refractivity contribution in [2.24, 2.45) is 0 Å². The zero-order valence-electron chi connectivity index (χ0n) is 14.5. The third-order valence-electron chi connectivity index (χ3n) is 4.26. The lowest BCUT2D eigenvalue weighted by Gasteiger charge is -2.23. The molecule has 2 N–H and O–H groups in total. The van der Waals surface area contributed by atoms with E-state index >= 15 is 0 Å². The summed E-state index contributed by atoms with van der Waals surface area (Å²) in [6.07, 6.45) is 2.36. The van der Waals surface area contributed by atoms with Crippen LogP contribution in [0.25, 0.3) is 0 Å². The van der Waals surface area contributed by atoms with Crippen LogP contribution in [0.5, 0.6) is 5.75 Å². The molecule has 1 aliphatic heterocycles. The monoisotopic (exact) mass is 394 g/mol. The zero-order valence-corrected chi connectivity index (χ0v) is 16.1. The summed E-state index contributed by atoms with van der Waals surface area (Å²) in [5.74, 6) is 0.825. The average Bonchev–Trinajstić information content (AvgIpc) is 2.61. The van der Waals surface area contributed by atoms with Gasteiger partial charge in [-0.3, -0.25) is 4.79 Å². The number of halogens is 2. The highest BCUT2D eigenvalue weighted by Crippen LogP contribution is 2.17. The van der Waals surface area contributed by atoms with Gasteiger partial charge in [0, 0.05) is 11.1 Å². The Hall–Kier alpha value is -1.75. The van der Waals surface area contributed by atoms with E-state index in [-0.39, 0.29) is 24.4 Å². The molecule has 0 atom stereocenters. The predicted molar refractivity (Wildman–Crippen MR) is 107 cm³/mol. The van der Waals surface area contributed by atoms with Crippen molar-refractivity contribution in [2.75, 3.05) is 13.1 Å². The van der Waals surface area contributed by atoms with Gasteiger partial charge in [-0.25, -0.2) is 0 Å². The largest absolute Gasteiger partial charge is 0.489 e. The van der Waals surface area contributed by atoms with Crippen LogP contribution in [0.3, 0.4) is 0 Å². The molecule has 0 aliphatic carbocycles. The third-order valence-corrected chi connectivity index (χ3v) is 4.50. The van der Waals surface area contributed by atoms with Gasteiger partial charge in [0.1, 0.15) is 12.4 Å². The highest BCUT2D eigenvalue weighted by Gasteiger charge is 2.15. The molecule has 0 bridgehead atoms. The Bertz CT molecular complexity index is 718. The fourth-order valence-electron chi connectivity index (χ4n) is 2.97. The Morgan fingerprint density at radius 1 is 1.12 bits per heavy atom. The van der Waals surface area contributed by atoms with Crippen LogP contribution in [0, 0.1) is 0 Å². The molecule has 1 aliphatic rings. The first kappa shape index (κ1) is 20.6. The van der Waals surface area contributed by atoms with Crippen molar-refractivity contribution in [3.05, 3.63) is 64.7 Å². The van der Waals surface area contributed by atoms with E-state index in [1.54, 1.807) is 0 Å². The molecule has 1 saturated heterocycles. The maximum absolute atomic E-state index is 12.2. The summed E-state index contributed by atoms with van der Waals surface area (Å²) in [5.41, 5.74) is 1.97. The third kappa shape index (κ3) is 6.52. The van der Waals surface area contributed by atoms with Crippen LogP contribution in [0.4, 0.5) is 0 Å². The SMILES string of the molecule is Cl.O=C(Cc1cccc(OCc2cccc(Cl)c2)c1)NC1CCNCC1. The van der Waals surface area contributed by atoms with Crippen molar-refractivity contribution in [2.45, 2.75) is 31.9 Å². The first-order chi connectivity index (χ1) is 12.2. The molecule has 1 amide bonds. The highest BCUT2D eigenvalue weighted by atomic mass is 35.5. The van der Waals surface area contributed by atoms with Crippen molar-refractivity contribution in [3.63, 3.8) is 0 Å². The Morgan fingerprint density at radius 2 is 1.85 bits per heavy atom. The molecule has 0 saturated carbocycles. The van der Waals surface area contributed by atoms with Gasteiger partial charge in [0.05, 0.1) is 6.42 Å². The molecule has 6 heteroatoms. The van der Waals surface area contributed by atoms with Gasteiger partial charge in [0.25, 0.3) is 0 Å². The fraction of sp³-hybridized carbons (Fsp3) is 0.350. The summed E-state index contributed by atoms with van der Waals surface area (Å²) >= 11 is 5.99. The van der Waals surface area contributed by atoms with E-state index in [9.17, 15) is 4.79 Å². The van der Waals surface area contributed by atoms with E-state index in [2.05, 4.69) is 10.6 Å². The Morgan fingerprint density at radius 3 is 2.62 bits per heavy atom. The second-order valence-corrected chi connectivity index (χ2v) is 6.77. The van der Waals surface area contributed by atoms with Crippen LogP contribution in [0.1, 0.15) is 24.0 Å². The second-order valence-electron chi connectivity index (χ2n) is 6.33. The minimum atomic E-state index is 0. The number of piperidine rings is 1. The molecular formula is C20H24Cl2N2O2. The molecule has 3 rings (SSSR count). The maximum atomic E-state index is 12.2. The zero-order chi connectivity index (χ0) is 17.5. The van der Waals surface area contributed by atoms with E-state index in [4.69, 9.17) is 16.3 Å². The van der Waals surface area contributed by atoms with Crippen LogP contribution in [0.15, 0.2) is 48.5 Å². The van der Waals surface area contributed by atoms with Gasteiger partial charge in [0.15, 0.2) is 0 Å². The molecule has 0 radical (unpaired) electrons. The molecule has 140 valence electrons. The summed E-state index contributed by atoms with van der Waals surface area (Å²) in [7, 11) is 0. The van der Waals surface area contributed by atoms with Crippen LogP contribution < -0.4 is 15.4 Å². The van der Waals surface area contributed by atoms with Gasteiger partial charge in [-0.05, 0) is 61.3 Å². The van der Waals surface area contributed by atoms with E-state index < -0.39 is 0 Å². The summed E-state index contributed by atoms with van der Waals surface area (Å²) in [6, 6.07) is 15.6. The number of carbonyl (C=O) groups is 1. The van der Waals surface area contributed by atoms with Gasteiger partial charge in [-0.1, -0.05) is 35.9 Å². The average molecular weight is 395 g/mol. The first-order valence-corrected chi connectivity index (χ1v) is 9.03. The van der Waals surface area contributed by atoms with E-state index in [1.165, 1.54) is 0 Å². The van der Waals surface area contributed by atoms with Crippen molar-refractivity contribution < 1.29 is 9.53 Å². The highest BCUT2D eigenvalue weighted by molar-refractivity contribution is 6.30. The normalized spacial score (nSPS) is 14.3. The number of ether oxygens (including phenoxy) is 1. The van der Waals surface area contributed by atoms with Gasteiger partial charge in [-0.15, -0.1) is 12.4 Å². The summed E-state index contributed by atoms with van der Waals surface area (Å²) < 4.78 is 5.82. The standard InChI is InChI=1S/C20H23ClN2O2.ClH/c21-17-5-1-4-16(11-17)14-25-19-6-2-3-15(12-19)13-20(24)23-18-7-9-22-10-8-18;/h1-6,11-12,18,22H,7-10,13-14H2,(H,23,24);1H. The summed E-state index contributed by atoms with van der Waals surface area (Å²) in [4.78, 5) is 12.2. The second kappa shape index (κ2) is 10.4. The van der Waals surface area contributed by atoms with E-state index in [0.717, 1.165) is 42.8 Å². The Kier molecular flexibility index (Phi) is 8.23. The number of benzene rings is 2. The summed E-state index contributed by atoms with van der Waals surface area (Å²) in [5, 5.41) is 7.12. The van der Waals surface area contributed by atoms with Crippen LogP contribution in [-0.2, 0) is 17.8 Å².